The van der Waals surface area contributed by atoms with Crippen LogP contribution in [0.2, 0.25) is 10.0 Å². The molecule has 1 aliphatic heterocycles. The number of amides is 4. The molecule has 1 saturated heterocycles. The van der Waals surface area contributed by atoms with Crippen LogP contribution in [0.3, 0.4) is 0 Å². The number of hydrogen-bond donors (Lipinski definition) is 0. The lowest BCUT2D eigenvalue weighted by molar-refractivity contribution is -0.133. The summed E-state index contributed by atoms with van der Waals surface area (Å²) in [6, 6.07) is 3.75. The lowest BCUT2D eigenvalue weighted by Crippen LogP contribution is -2.39. The van der Waals surface area contributed by atoms with Gasteiger partial charge in [0.2, 0.25) is 5.91 Å². The molecule has 0 aromatic heterocycles. The zero-order valence-corrected chi connectivity index (χ0v) is 13.1. The van der Waals surface area contributed by atoms with Crippen molar-refractivity contribution in [2.75, 3.05) is 11.4 Å². The monoisotopic (exact) mass is 328 g/mol. The number of urea groups is 1. The minimum Gasteiger partial charge on any atom is -0.274 e. The lowest BCUT2D eigenvalue weighted by atomic mass is 10.1. The summed E-state index contributed by atoms with van der Waals surface area (Å²) in [6.45, 7) is 3.31. The van der Waals surface area contributed by atoms with E-state index in [1.165, 1.54) is 18.2 Å². The third kappa shape index (κ3) is 3.04. The fourth-order valence-electron chi connectivity index (χ4n) is 2.04. The second kappa shape index (κ2) is 6.03. The normalized spacial score (nSPS) is 16.6. The van der Waals surface area contributed by atoms with E-state index in [9.17, 15) is 14.4 Å². The summed E-state index contributed by atoms with van der Waals surface area (Å²) in [7, 11) is 0. The van der Waals surface area contributed by atoms with E-state index in [0.29, 0.717) is 16.5 Å². The van der Waals surface area contributed by atoms with Crippen molar-refractivity contribution < 1.29 is 14.4 Å². The van der Waals surface area contributed by atoms with Crippen LogP contribution in [0.4, 0.5) is 10.5 Å². The molecule has 1 aromatic rings. The van der Waals surface area contributed by atoms with E-state index in [2.05, 4.69) is 0 Å². The molecule has 0 aliphatic carbocycles. The Morgan fingerprint density at radius 1 is 1.24 bits per heavy atom. The molecule has 1 heterocycles. The van der Waals surface area contributed by atoms with Gasteiger partial charge in [-0.05, 0) is 24.6 Å². The van der Waals surface area contributed by atoms with Crippen LogP contribution in [0.15, 0.2) is 18.2 Å². The largest absolute Gasteiger partial charge is 0.338 e. The average Bonchev–Trinajstić information content (AvgIpc) is 2.71. The Bertz CT molecular complexity index is 598. The molecule has 1 fully saturated rings. The van der Waals surface area contributed by atoms with Crippen molar-refractivity contribution in [3.63, 3.8) is 0 Å². The molecule has 1 aromatic carbocycles. The van der Waals surface area contributed by atoms with Gasteiger partial charge in [0, 0.05) is 16.0 Å². The van der Waals surface area contributed by atoms with Crippen LogP contribution < -0.4 is 4.90 Å². The summed E-state index contributed by atoms with van der Waals surface area (Å²) in [4.78, 5) is 38.4. The molecule has 0 saturated carbocycles. The summed E-state index contributed by atoms with van der Waals surface area (Å²) >= 11 is 11.8. The van der Waals surface area contributed by atoms with E-state index >= 15 is 0 Å². The Labute approximate surface area is 132 Å². The molecular weight excluding hydrogens is 315 g/mol. The molecule has 0 spiro atoms. The summed E-state index contributed by atoms with van der Waals surface area (Å²) in [6.07, 6.45) is 0.597. The minimum atomic E-state index is -0.663. The van der Waals surface area contributed by atoms with Gasteiger partial charge in [-0.2, -0.15) is 0 Å². The average molecular weight is 329 g/mol. The number of carbonyl (C=O) groups is 3. The predicted molar refractivity (Wildman–Crippen MR) is 80.5 cm³/mol. The third-order valence-corrected chi connectivity index (χ3v) is 3.81. The van der Waals surface area contributed by atoms with Gasteiger partial charge in [-0.25, -0.2) is 9.69 Å². The first-order valence-electron chi connectivity index (χ1n) is 6.49. The Morgan fingerprint density at radius 2 is 1.81 bits per heavy atom. The molecule has 1 unspecified atom stereocenters. The molecule has 112 valence electrons. The van der Waals surface area contributed by atoms with Gasteiger partial charge in [-0.3, -0.25) is 14.5 Å². The fourth-order valence-corrected chi connectivity index (χ4v) is 2.55. The smallest absolute Gasteiger partial charge is 0.274 e. The Hall–Kier alpha value is -1.59. The second-order valence-corrected chi connectivity index (χ2v) is 5.75. The molecule has 4 amide bonds. The summed E-state index contributed by atoms with van der Waals surface area (Å²) < 4.78 is 0. The van der Waals surface area contributed by atoms with E-state index in [-0.39, 0.29) is 24.1 Å². The van der Waals surface area contributed by atoms with Crippen molar-refractivity contribution in [2.45, 2.75) is 20.3 Å². The summed E-state index contributed by atoms with van der Waals surface area (Å²) in [5.41, 5.74) is 0.266. The van der Waals surface area contributed by atoms with Gasteiger partial charge in [0.25, 0.3) is 5.91 Å². The van der Waals surface area contributed by atoms with E-state index < -0.39 is 11.9 Å². The molecular formula is C14H14Cl2N2O3. The first kappa shape index (κ1) is 15.8. The SMILES string of the molecule is CCC(C)C(=O)N1CC(=O)N(c2cc(Cl)cc(Cl)c2)C1=O. The molecule has 1 atom stereocenters. The van der Waals surface area contributed by atoms with Crippen molar-refractivity contribution in [2.24, 2.45) is 5.92 Å². The fraction of sp³-hybridized carbons (Fsp3) is 0.357. The minimum absolute atomic E-state index is 0.258. The summed E-state index contributed by atoms with van der Waals surface area (Å²) in [5, 5.41) is 0.620. The van der Waals surface area contributed by atoms with Crippen molar-refractivity contribution >= 4 is 46.7 Å². The molecule has 21 heavy (non-hydrogen) atoms. The third-order valence-electron chi connectivity index (χ3n) is 3.37. The van der Waals surface area contributed by atoms with Gasteiger partial charge in [-0.15, -0.1) is 0 Å². The highest BCUT2D eigenvalue weighted by Crippen LogP contribution is 2.29. The second-order valence-electron chi connectivity index (χ2n) is 4.87. The number of halogens is 2. The number of benzene rings is 1. The Kier molecular flexibility index (Phi) is 4.54. The molecule has 5 nitrogen and oxygen atoms in total. The maximum Gasteiger partial charge on any atom is 0.338 e. The standard InChI is InChI=1S/C14H14Cl2N2O3/c1-3-8(2)13(20)17-7-12(19)18(14(17)21)11-5-9(15)4-10(16)6-11/h4-6,8H,3,7H2,1-2H3. The van der Waals surface area contributed by atoms with Gasteiger partial charge in [0.1, 0.15) is 6.54 Å². The van der Waals surface area contributed by atoms with Crippen LogP contribution in [-0.4, -0.2) is 29.3 Å². The molecule has 7 heteroatoms. The highest BCUT2D eigenvalue weighted by molar-refractivity contribution is 6.35. The van der Waals surface area contributed by atoms with Gasteiger partial charge in [0.05, 0.1) is 5.69 Å². The number of rotatable bonds is 3. The maximum atomic E-state index is 12.3. The van der Waals surface area contributed by atoms with Crippen molar-refractivity contribution in [1.82, 2.24) is 4.90 Å². The molecule has 1 aliphatic rings. The topological polar surface area (TPSA) is 57.7 Å². The van der Waals surface area contributed by atoms with Gasteiger partial charge in [0.15, 0.2) is 0 Å². The zero-order chi connectivity index (χ0) is 15.7. The van der Waals surface area contributed by atoms with Crippen LogP contribution in [0.1, 0.15) is 20.3 Å². The summed E-state index contributed by atoms with van der Waals surface area (Å²) in [5.74, 6) is -1.15. The zero-order valence-electron chi connectivity index (χ0n) is 11.6. The predicted octanol–water partition coefficient (Wildman–Crippen LogP) is 3.33. The van der Waals surface area contributed by atoms with Crippen LogP contribution in [0, 0.1) is 5.92 Å². The van der Waals surface area contributed by atoms with E-state index in [0.717, 1.165) is 9.80 Å². The molecule has 0 N–H and O–H groups in total. The molecule has 2 rings (SSSR count). The first-order chi connectivity index (χ1) is 9.85. The Balaban J connectivity index is 2.32. The number of hydrogen-bond acceptors (Lipinski definition) is 3. The number of imide groups is 2. The number of anilines is 1. The van der Waals surface area contributed by atoms with E-state index in [4.69, 9.17) is 23.2 Å². The van der Waals surface area contributed by atoms with Crippen molar-refractivity contribution in [1.29, 1.82) is 0 Å². The number of carbonyl (C=O) groups excluding carboxylic acids is 3. The Morgan fingerprint density at radius 3 is 2.33 bits per heavy atom. The van der Waals surface area contributed by atoms with Gasteiger partial charge in [-0.1, -0.05) is 37.0 Å². The maximum absolute atomic E-state index is 12.3. The van der Waals surface area contributed by atoms with E-state index in [1.54, 1.807) is 6.92 Å². The van der Waals surface area contributed by atoms with Crippen molar-refractivity contribution in [3.05, 3.63) is 28.2 Å². The van der Waals surface area contributed by atoms with Gasteiger partial charge >= 0.3 is 6.03 Å². The van der Waals surface area contributed by atoms with Crippen LogP contribution in [0.25, 0.3) is 0 Å². The van der Waals surface area contributed by atoms with Crippen LogP contribution >= 0.6 is 23.2 Å². The van der Waals surface area contributed by atoms with Crippen LogP contribution in [0.5, 0.6) is 0 Å². The van der Waals surface area contributed by atoms with Crippen molar-refractivity contribution in [3.8, 4) is 0 Å². The van der Waals surface area contributed by atoms with Gasteiger partial charge < -0.3 is 0 Å². The van der Waals surface area contributed by atoms with Crippen LogP contribution in [-0.2, 0) is 9.59 Å². The van der Waals surface area contributed by atoms with E-state index in [1.807, 2.05) is 6.92 Å². The highest BCUT2D eigenvalue weighted by atomic mass is 35.5. The number of nitrogens with zero attached hydrogens (tertiary/aromatic N) is 2. The molecule has 0 radical (unpaired) electrons. The lowest BCUT2D eigenvalue weighted by Gasteiger charge is -2.18. The highest BCUT2D eigenvalue weighted by Gasteiger charge is 2.41. The quantitative estimate of drug-likeness (QED) is 0.799. The first-order valence-corrected chi connectivity index (χ1v) is 7.25. The molecule has 0 bridgehead atoms.